The normalized spacial score (nSPS) is 12.2. The maximum Gasteiger partial charge on any atom is 0.126 e. The van der Waals surface area contributed by atoms with E-state index in [2.05, 4.69) is 47.1 Å². The van der Waals surface area contributed by atoms with Gasteiger partial charge in [-0.2, -0.15) is 0 Å². The van der Waals surface area contributed by atoms with Gasteiger partial charge < -0.3 is 9.84 Å². The van der Waals surface area contributed by atoms with E-state index in [1.165, 1.54) is 5.56 Å². The van der Waals surface area contributed by atoms with Crippen LogP contribution in [0.3, 0.4) is 0 Å². The largest absolute Gasteiger partial charge is 0.488 e. The fraction of sp³-hybridized carbons (Fsp3) is 0.250. The zero-order valence-corrected chi connectivity index (χ0v) is 12.6. The molecular weight excluding hydrogens is 304 g/mol. The van der Waals surface area contributed by atoms with Crippen LogP contribution in [-0.4, -0.2) is 5.11 Å². The van der Waals surface area contributed by atoms with Crippen LogP contribution in [0, 0.1) is 6.92 Å². The summed E-state index contributed by atoms with van der Waals surface area (Å²) in [5.41, 5.74) is 3.15. The van der Waals surface area contributed by atoms with Crippen molar-refractivity contribution in [2.45, 2.75) is 26.6 Å². The summed E-state index contributed by atoms with van der Waals surface area (Å²) in [6, 6.07) is 13.9. The summed E-state index contributed by atoms with van der Waals surface area (Å²) >= 11 is 3.42. The number of aryl methyl sites for hydroxylation is 1. The highest BCUT2D eigenvalue weighted by Gasteiger charge is 2.09. The number of rotatable bonds is 4. The molecule has 2 nitrogen and oxygen atoms in total. The van der Waals surface area contributed by atoms with Gasteiger partial charge in [0, 0.05) is 10.0 Å². The van der Waals surface area contributed by atoms with Crippen LogP contribution in [-0.2, 0) is 6.61 Å². The molecule has 1 atom stereocenters. The fourth-order valence-corrected chi connectivity index (χ4v) is 2.16. The molecule has 0 unspecified atom stereocenters. The van der Waals surface area contributed by atoms with Gasteiger partial charge in [-0.25, -0.2) is 0 Å². The highest BCUT2D eigenvalue weighted by molar-refractivity contribution is 9.10. The maximum absolute atomic E-state index is 9.73. The number of ether oxygens (including phenoxy) is 1. The van der Waals surface area contributed by atoms with Crippen LogP contribution < -0.4 is 4.74 Å². The van der Waals surface area contributed by atoms with Gasteiger partial charge in [-0.1, -0.05) is 51.8 Å². The highest BCUT2D eigenvalue weighted by Crippen LogP contribution is 2.29. The Hall–Kier alpha value is -1.32. The quantitative estimate of drug-likeness (QED) is 0.905. The van der Waals surface area contributed by atoms with Crippen molar-refractivity contribution in [2.24, 2.45) is 0 Å². The molecule has 19 heavy (non-hydrogen) atoms. The Kier molecular flexibility index (Phi) is 4.61. The van der Waals surface area contributed by atoms with Crippen molar-refractivity contribution in [3.05, 3.63) is 63.6 Å². The first-order chi connectivity index (χ1) is 9.06. The Labute approximate surface area is 122 Å². The third-order valence-electron chi connectivity index (χ3n) is 2.94. The Balaban J connectivity index is 2.14. The second-order valence-corrected chi connectivity index (χ2v) is 5.55. The van der Waals surface area contributed by atoms with Crippen molar-refractivity contribution >= 4 is 15.9 Å². The summed E-state index contributed by atoms with van der Waals surface area (Å²) in [6.07, 6.45) is -0.541. The summed E-state index contributed by atoms with van der Waals surface area (Å²) in [5, 5.41) is 9.73. The van der Waals surface area contributed by atoms with Crippen LogP contribution in [0.2, 0.25) is 0 Å². The third kappa shape index (κ3) is 3.82. The zero-order valence-electron chi connectivity index (χ0n) is 11.1. The van der Waals surface area contributed by atoms with Crippen molar-refractivity contribution in [3.8, 4) is 5.75 Å². The minimum atomic E-state index is -0.541. The second kappa shape index (κ2) is 6.22. The number of benzene rings is 2. The molecule has 0 amide bonds. The van der Waals surface area contributed by atoms with E-state index in [0.717, 1.165) is 15.6 Å². The van der Waals surface area contributed by atoms with Gasteiger partial charge in [-0.3, -0.25) is 0 Å². The second-order valence-electron chi connectivity index (χ2n) is 4.63. The zero-order chi connectivity index (χ0) is 13.8. The molecule has 2 aromatic carbocycles. The summed E-state index contributed by atoms with van der Waals surface area (Å²) in [7, 11) is 0. The van der Waals surface area contributed by atoms with Gasteiger partial charge in [-0.05, 0) is 31.5 Å². The standard InChI is InChI=1S/C16H17BrO2/c1-11-3-5-13(6-4-11)10-19-16-9-14(17)7-8-15(16)12(2)18/h3-9,12,18H,10H2,1-2H3/t12-/m0/s1. The van der Waals surface area contributed by atoms with Crippen LogP contribution in [0.15, 0.2) is 46.9 Å². The molecule has 0 aliphatic carbocycles. The predicted molar refractivity (Wildman–Crippen MR) is 80.3 cm³/mol. The molecule has 0 saturated carbocycles. The average molecular weight is 321 g/mol. The number of halogens is 1. The summed E-state index contributed by atoms with van der Waals surface area (Å²) in [6.45, 7) is 4.29. The average Bonchev–Trinajstić information content (AvgIpc) is 2.38. The lowest BCUT2D eigenvalue weighted by Gasteiger charge is -2.14. The van der Waals surface area contributed by atoms with Gasteiger partial charge in [0.1, 0.15) is 12.4 Å². The van der Waals surface area contributed by atoms with Crippen molar-refractivity contribution in [1.29, 1.82) is 0 Å². The molecule has 0 saturated heterocycles. The first kappa shape index (κ1) is 14.1. The minimum Gasteiger partial charge on any atom is -0.488 e. The lowest BCUT2D eigenvalue weighted by molar-refractivity contribution is 0.190. The molecule has 0 aliphatic rings. The van der Waals surface area contributed by atoms with Crippen LogP contribution in [0.4, 0.5) is 0 Å². The van der Waals surface area contributed by atoms with Crippen molar-refractivity contribution in [1.82, 2.24) is 0 Å². The van der Waals surface area contributed by atoms with Crippen molar-refractivity contribution in [2.75, 3.05) is 0 Å². The van der Waals surface area contributed by atoms with Gasteiger partial charge in [0.25, 0.3) is 0 Å². The first-order valence-corrected chi connectivity index (χ1v) is 7.01. The fourth-order valence-electron chi connectivity index (χ4n) is 1.82. The molecule has 0 heterocycles. The molecule has 0 aliphatic heterocycles. The number of hydrogen-bond donors (Lipinski definition) is 1. The Bertz CT molecular complexity index is 547. The lowest BCUT2D eigenvalue weighted by Crippen LogP contribution is -2.01. The molecule has 0 bridgehead atoms. The lowest BCUT2D eigenvalue weighted by atomic mass is 10.1. The molecular formula is C16H17BrO2. The number of aliphatic hydroxyl groups is 1. The van der Waals surface area contributed by atoms with E-state index in [9.17, 15) is 5.11 Å². The van der Waals surface area contributed by atoms with E-state index in [-0.39, 0.29) is 0 Å². The van der Waals surface area contributed by atoms with Crippen molar-refractivity contribution < 1.29 is 9.84 Å². The van der Waals surface area contributed by atoms with Crippen LogP contribution >= 0.6 is 15.9 Å². The van der Waals surface area contributed by atoms with Crippen LogP contribution in [0.1, 0.15) is 29.7 Å². The molecule has 3 heteroatoms. The monoisotopic (exact) mass is 320 g/mol. The molecule has 100 valence electrons. The molecule has 2 rings (SSSR count). The minimum absolute atomic E-state index is 0.496. The number of hydrogen-bond acceptors (Lipinski definition) is 2. The van der Waals surface area contributed by atoms with Crippen LogP contribution in [0.5, 0.6) is 5.75 Å². The molecule has 2 aromatic rings. The molecule has 1 N–H and O–H groups in total. The van der Waals surface area contributed by atoms with E-state index in [1.54, 1.807) is 6.92 Å². The van der Waals surface area contributed by atoms with Gasteiger partial charge in [0.05, 0.1) is 6.10 Å². The summed E-state index contributed by atoms with van der Waals surface area (Å²) in [4.78, 5) is 0. The molecule has 0 spiro atoms. The predicted octanol–water partition coefficient (Wildman–Crippen LogP) is 4.39. The summed E-state index contributed by atoms with van der Waals surface area (Å²) < 4.78 is 6.76. The third-order valence-corrected chi connectivity index (χ3v) is 3.43. The van der Waals surface area contributed by atoms with Crippen molar-refractivity contribution in [3.63, 3.8) is 0 Å². The smallest absolute Gasteiger partial charge is 0.126 e. The molecule has 0 radical (unpaired) electrons. The Morgan fingerprint density at radius 3 is 2.47 bits per heavy atom. The van der Waals surface area contributed by atoms with E-state index in [0.29, 0.717) is 12.4 Å². The SMILES string of the molecule is Cc1ccc(COc2cc(Br)ccc2[C@H](C)O)cc1. The molecule has 0 aromatic heterocycles. The van der Waals surface area contributed by atoms with Crippen LogP contribution in [0.25, 0.3) is 0 Å². The van der Waals surface area contributed by atoms with E-state index in [4.69, 9.17) is 4.74 Å². The van der Waals surface area contributed by atoms with Gasteiger partial charge in [-0.15, -0.1) is 0 Å². The first-order valence-electron chi connectivity index (χ1n) is 6.22. The molecule has 0 fully saturated rings. The van der Waals surface area contributed by atoms with Gasteiger partial charge >= 0.3 is 0 Å². The van der Waals surface area contributed by atoms with E-state index >= 15 is 0 Å². The topological polar surface area (TPSA) is 29.5 Å². The van der Waals surface area contributed by atoms with E-state index in [1.807, 2.05) is 18.2 Å². The Morgan fingerprint density at radius 1 is 1.16 bits per heavy atom. The maximum atomic E-state index is 9.73. The Morgan fingerprint density at radius 2 is 1.84 bits per heavy atom. The van der Waals surface area contributed by atoms with E-state index < -0.39 is 6.10 Å². The summed E-state index contributed by atoms with van der Waals surface area (Å²) in [5.74, 6) is 0.713. The van der Waals surface area contributed by atoms with Gasteiger partial charge in [0.15, 0.2) is 0 Å². The highest BCUT2D eigenvalue weighted by atomic mass is 79.9. The number of aliphatic hydroxyl groups excluding tert-OH is 1. The van der Waals surface area contributed by atoms with Gasteiger partial charge in [0.2, 0.25) is 0 Å².